The number of benzene rings is 2. The molecule has 3 aromatic rings. The summed E-state index contributed by atoms with van der Waals surface area (Å²) < 4.78 is 5.87. The normalized spacial score (nSPS) is 16.8. The number of hydrogen-bond donors (Lipinski definition) is 3. The van der Waals surface area contributed by atoms with Crippen LogP contribution in [0.25, 0.3) is 22.0 Å². The minimum Gasteiger partial charge on any atom is -0.491 e. The third-order valence-corrected chi connectivity index (χ3v) is 5.77. The van der Waals surface area contributed by atoms with Crippen molar-refractivity contribution < 1.29 is 14.9 Å². The summed E-state index contributed by atoms with van der Waals surface area (Å²) in [6.45, 7) is 5.30. The van der Waals surface area contributed by atoms with Gasteiger partial charge in [-0.15, -0.1) is 0 Å². The Labute approximate surface area is 181 Å². The molecule has 1 aliphatic rings. The maximum atomic E-state index is 10.4. The van der Waals surface area contributed by atoms with Gasteiger partial charge in [-0.05, 0) is 46.8 Å². The summed E-state index contributed by atoms with van der Waals surface area (Å²) in [7, 11) is 0. The number of aliphatic hydroxyl groups excluding tert-OH is 2. The van der Waals surface area contributed by atoms with Crippen LogP contribution in [0.4, 0.5) is 0 Å². The molecule has 4 rings (SSSR count). The average molecular weight is 430 g/mol. The Bertz CT molecular complexity index is 969. The van der Waals surface area contributed by atoms with E-state index in [9.17, 15) is 5.11 Å². The van der Waals surface area contributed by atoms with Crippen molar-refractivity contribution in [3.63, 3.8) is 0 Å². The maximum absolute atomic E-state index is 10.4. The van der Waals surface area contributed by atoms with E-state index in [1.165, 1.54) is 0 Å². The Morgan fingerprint density at radius 2 is 1.80 bits per heavy atom. The Hall–Kier alpha value is -2.09. The van der Waals surface area contributed by atoms with Crippen molar-refractivity contribution >= 4 is 22.5 Å². The number of nitrogens with one attached hydrogen (secondary N) is 1. The minimum atomic E-state index is -0.577. The molecule has 1 aliphatic heterocycles. The van der Waals surface area contributed by atoms with E-state index in [0.717, 1.165) is 48.2 Å². The predicted octanol–water partition coefficient (Wildman–Crippen LogP) is 2.84. The second-order valence-electron chi connectivity index (χ2n) is 7.79. The number of piperazine rings is 1. The van der Waals surface area contributed by atoms with Crippen LogP contribution < -0.4 is 4.74 Å². The quantitative estimate of drug-likeness (QED) is 0.513. The summed E-state index contributed by atoms with van der Waals surface area (Å²) in [5.41, 5.74) is 3.10. The van der Waals surface area contributed by atoms with Crippen LogP contribution in [-0.4, -0.2) is 83.6 Å². The van der Waals surface area contributed by atoms with E-state index >= 15 is 0 Å². The molecule has 2 aromatic carbocycles. The predicted molar refractivity (Wildman–Crippen MR) is 120 cm³/mol. The number of fused-ring (bicyclic) bond motifs is 1. The number of aromatic nitrogens is 1. The summed E-state index contributed by atoms with van der Waals surface area (Å²) in [5.74, 6) is 0.649. The summed E-state index contributed by atoms with van der Waals surface area (Å²) in [6.07, 6.45) is 1.35. The number of β-amino-alcohol motifs (C(OH)–C–C–N with tert-alkyl or cyclic N) is 2. The van der Waals surface area contributed by atoms with Gasteiger partial charge in [0, 0.05) is 56.0 Å². The summed E-state index contributed by atoms with van der Waals surface area (Å²) >= 11 is 6.33. The first-order valence-electron chi connectivity index (χ1n) is 10.4. The van der Waals surface area contributed by atoms with E-state index in [4.69, 9.17) is 21.4 Å². The minimum absolute atomic E-state index is 0.191. The fourth-order valence-electron chi connectivity index (χ4n) is 3.92. The van der Waals surface area contributed by atoms with Gasteiger partial charge in [-0.1, -0.05) is 23.7 Å². The van der Waals surface area contributed by atoms with Crippen molar-refractivity contribution in [3.05, 3.63) is 53.7 Å². The first-order valence-corrected chi connectivity index (χ1v) is 10.7. The van der Waals surface area contributed by atoms with Gasteiger partial charge in [0.25, 0.3) is 0 Å². The number of ether oxygens (including phenoxy) is 1. The van der Waals surface area contributed by atoms with Crippen LogP contribution in [0.1, 0.15) is 0 Å². The summed E-state index contributed by atoms with van der Waals surface area (Å²) in [4.78, 5) is 7.70. The fraction of sp³-hybridized carbons (Fsp3) is 0.391. The number of nitrogens with zero attached hydrogens (tertiary/aromatic N) is 2. The lowest BCUT2D eigenvalue weighted by Gasteiger charge is -2.35. The highest BCUT2D eigenvalue weighted by Crippen LogP contribution is 2.30. The maximum Gasteiger partial charge on any atom is 0.121 e. The molecular formula is C23H28ClN3O3. The number of halogens is 1. The van der Waals surface area contributed by atoms with Gasteiger partial charge in [-0.3, -0.25) is 9.80 Å². The largest absolute Gasteiger partial charge is 0.491 e. The molecule has 30 heavy (non-hydrogen) atoms. The van der Waals surface area contributed by atoms with Crippen LogP contribution in [0, 0.1) is 0 Å². The zero-order chi connectivity index (χ0) is 20.9. The van der Waals surface area contributed by atoms with Gasteiger partial charge < -0.3 is 19.9 Å². The van der Waals surface area contributed by atoms with Gasteiger partial charge >= 0.3 is 0 Å². The van der Waals surface area contributed by atoms with Crippen molar-refractivity contribution in [3.8, 4) is 16.9 Å². The summed E-state index contributed by atoms with van der Waals surface area (Å²) in [5, 5.41) is 21.2. The molecular weight excluding hydrogens is 402 g/mol. The molecule has 2 heterocycles. The lowest BCUT2D eigenvalue weighted by molar-refractivity contribution is 0.0428. The van der Waals surface area contributed by atoms with E-state index in [0.29, 0.717) is 23.9 Å². The number of aromatic amines is 1. The van der Waals surface area contributed by atoms with Crippen LogP contribution in [0.15, 0.2) is 48.7 Å². The third-order valence-electron chi connectivity index (χ3n) is 5.55. The molecule has 0 saturated carbocycles. The van der Waals surface area contributed by atoms with E-state index in [1.54, 1.807) is 6.07 Å². The average Bonchev–Trinajstić information content (AvgIpc) is 3.21. The highest BCUT2D eigenvalue weighted by Gasteiger charge is 2.19. The molecule has 0 aliphatic carbocycles. The molecule has 1 atom stereocenters. The molecule has 3 N–H and O–H groups in total. The van der Waals surface area contributed by atoms with Gasteiger partial charge in [-0.2, -0.15) is 0 Å². The van der Waals surface area contributed by atoms with Crippen LogP contribution in [0.3, 0.4) is 0 Å². The molecule has 1 fully saturated rings. The molecule has 0 bridgehead atoms. The van der Waals surface area contributed by atoms with E-state index in [1.807, 2.05) is 24.4 Å². The Morgan fingerprint density at radius 3 is 2.60 bits per heavy atom. The van der Waals surface area contributed by atoms with E-state index < -0.39 is 6.10 Å². The van der Waals surface area contributed by atoms with Crippen LogP contribution >= 0.6 is 11.6 Å². The van der Waals surface area contributed by atoms with Crippen LogP contribution in [0.2, 0.25) is 5.02 Å². The summed E-state index contributed by atoms with van der Waals surface area (Å²) in [6, 6.07) is 13.9. The van der Waals surface area contributed by atoms with Crippen molar-refractivity contribution in [1.29, 1.82) is 0 Å². The van der Waals surface area contributed by atoms with E-state index in [2.05, 4.69) is 33.0 Å². The van der Waals surface area contributed by atoms with Gasteiger partial charge in [0.2, 0.25) is 0 Å². The molecule has 1 unspecified atom stereocenters. The van der Waals surface area contributed by atoms with Gasteiger partial charge in [0.15, 0.2) is 0 Å². The SMILES string of the molecule is OCCN1CCN(CC(O)COc2cc(Cl)cc(-c3ccc4cc[nH]c4c3)c2)CC1. The Balaban J connectivity index is 1.34. The molecule has 7 heteroatoms. The smallest absolute Gasteiger partial charge is 0.121 e. The zero-order valence-electron chi connectivity index (χ0n) is 16.9. The number of aliphatic hydroxyl groups is 2. The number of rotatable bonds is 8. The molecule has 6 nitrogen and oxygen atoms in total. The van der Waals surface area contributed by atoms with Gasteiger partial charge in [0.1, 0.15) is 18.5 Å². The third kappa shape index (κ3) is 5.33. The van der Waals surface area contributed by atoms with Crippen molar-refractivity contribution in [2.45, 2.75) is 6.10 Å². The topological polar surface area (TPSA) is 72.0 Å². The molecule has 0 radical (unpaired) electrons. The lowest BCUT2D eigenvalue weighted by atomic mass is 10.0. The number of H-pyrrole nitrogens is 1. The molecule has 0 amide bonds. The Kier molecular flexibility index (Phi) is 6.92. The monoisotopic (exact) mass is 429 g/mol. The van der Waals surface area contributed by atoms with Crippen LogP contribution in [0.5, 0.6) is 5.75 Å². The first-order chi connectivity index (χ1) is 14.6. The number of hydrogen-bond acceptors (Lipinski definition) is 5. The van der Waals surface area contributed by atoms with Crippen molar-refractivity contribution in [2.24, 2.45) is 0 Å². The molecule has 1 saturated heterocycles. The lowest BCUT2D eigenvalue weighted by Crippen LogP contribution is -2.49. The van der Waals surface area contributed by atoms with Crippen molar-refractivity contribution in [2.75, 3.05) is 52.5 Å². The molecule has 160 valence electrons. The highest BCUT2D eigenvalue weighted by molar-refractivity contribution is 6.31. The Morgan fingerprint density at radius 1 is 1.00 bits per heavy atom. The highest BCUT2D eigenvalue weighted by atomic mass is 35.5. The second-order valence-corrected chi connectivity index (χ2v) is 8.22. The standard InChI is InChI=1S/C23H28ClN3O3/c24-20-11-19(18-2-1-17-3-4-25-23(17)13-18)12-22(14-20)30-16-21(29)15-27-7-5-26(6-8-27)9-10-28/h1-4,11-14,21,25,28-29H,5-10,15-16H2. The van der Waals surface area contributed by atoms with E-state index in [-0.39, 0.29) is 13.2 Å². The first kappa shape index (κ1) is 21.2. The second kappa shape index (κ2) is 9.81. The van der Waals surface area contributed by atoms with Crippen LogP contribution in [-0.2, 0) is 0 Å². The van der Waals surface area contributed by atoms with Gasteiger partial charge in [-0.25, -0.2) is 0 Å². The molecule has 0 spiro atoms. The fourth-order valence-corrected chi connectivity index (χ4v) is 4.15. The molecule has 1 aromatic heterocycles. The van der Waals surface area contributed by atoms with Crippen molar-refractivity contribution in [1.82, 2.24) is 14.8 Å². The zero-order valence-corrected chi connectivity index (χ0v) is 17.7. The van der Waals surface area contributed by atoms with Gasteiger partial charge in [0.05, 0.1) is 6.61 Å².